The van der Waals surface area contributed by atoms with E-state index >= 15 is 0 Å². The zero-order valence-electron chi connectivity index (χ0n) is 12.1. The molecule has 0 aliphatic carbocycles. The van der Waals surface area contributed by atoms with Crippen LogP contribution >= 0.6 is 0 Å². The Labute approximate surface area is 129 Å². The molecule has 0 aromatic heterocycles. The molecule has 3 rings (SSSR count). The van der Waals surface area contributed by atoms with Gasteiger partial charge >= 0.3 is 0 Å². The van der Waals surface area contributed by atoms with Crippen LogP contribution in [0.4, 0.5) is 0 Å². The standard InChI is InChI=1S/C17H18N2O3/c18-14(8-12-4-2-1-3-5-12)17(20)19-10-13-6-7-15-16(9-13)22-11-21-15/h1-7,9,14H,8,10-11,18H2,(H,19,20)/t14-/m0/s1. The molecule has 5 nitrogen and oxygen atoms in total. The van der Waals surface area contributed by atoms with Gasteiger partial charge in [-0.1, -0.05) is 36.4 Å². The topological polar surface area (TPSA) is 73.6 Å². The molecule has 3 N–H and O–H groups in total. The van der Waals surface area contributed by atoms with E-state index in [1.165, 1.54) is 0 Å². The van der Waals surface area contributed by atoms with Gasteiger partial charge in [0, 0.05) is 6.54 Å². The molecule has 114 valence electrons. The minimum atomic E-state index is -0.559. The molecule has 2 aromatic rings. The van der Waals surface area contributed by atoms with Crippen molar-refractivity contribution >= 4 is 5.91 Å². The number of amides is 1. The molecule has 2 aromatic carbocycles. The lowest BCUT2D eigenvalue weighted by Gasteiger charge is -2.12. The van der Waals surface area contributed by atoms with Gasteiger partial charge in [-0.2, -0.15) is 0 Å². The fraction of sp³-hybridized carbons (Fsp3) is 0.235. The molecule has 0 saturated heterocycles. The van der Waals surface area contributed by atoms with Crippen molar-refractivity contribution in [3.8, 4) is 11.5 Å². The highest BCUT2D eigenvalue weighted by atomic mass is 16.7. The Hall–Kier alpha value is -2.53. The molecule has 5 heteroatoms. The van der Waals surface area contributed by atoms with Crippen molar-refractivity contribution in [2.24, 2.45) is 5.73 Å². The number of benzene rings is 2. The van der Waals surface area contributed by atoms with E-state index in [1.807, 2.05) is 48.5 Å². The van der Waals surface area contributed by atoms with E-state index in [2.05, 4.69) is 5.32 Å². The van der Waals surface area contributed by atoms with Gasteiger partial charge in [0.25, 0.3) is 0 Å². The van der Waals surface area contributed by atoms with Crippen LogP contribution < -0.4 is 20.5 Å². The normalized spacial score (nSPS) is 13.7. The zero-order chi connectivity index (χ0) is 15.4. The summed E-state index contributed by atoms with van der Waals surface area (Å²) in [6, 6.07) is 14.8. The lowest BCUT2D eigenvalue weighted by Crippen LogP contribution is -2.41. The van der Waals surface area contributed by atoms with E-state index in [9.17, 15) is 4.79 Å². The Bertz CT molecular complexity index is 658. The molecule has 0 bridgehead atoms. The van der Waals surface area contributed by atoms with Crippen LogP contribution in [0.3, 0.4) is 0 Å². The summed E-state index contributed by atoms with van der Waals surface area (Å²) in [4.78, 5) is 12.1. The monoisotopic (exact) mass is 298 g/mol. The number of fused-ring (bicyclic) bond motifs is 1. The van der Waals surface area contributed by atoms with Crippen LogP contribution in [-0.4, -0.2) is 18.7 Å². The summed E-state index contributed by atoms with van der Waals surface area (Å²) in [5.74, 6) is 1.28. The van der Waals surface area contributed by atoms with Gasteiger partial charge in [0.1, 0.15) is 0 Å². The van der Waals surface area contributed by atoms with Gasteiger partial charge in [-0.15, -0.1) is 0 Å². The van der Waals surface area contributed by atoms with Crippen molar-refractivity contribution < 1.29 is 14.3 Å². The number of carbonyl (C=O) groups is 1. The lowest BCUT2D eigenvalue weighted by molar-refractivity contribution is -0.122. The molecular formula is C17H18N2O3. The molecule has 0 radical (unpaired) electrons. The summed E-state index contributed by atoms with van der Waals surface area (Å²) >= 11 is 0. The number of carbonyl (C=O) groups excluding carboxylic acids is 1. The minimum Gasteiger partial charge on any atom is -0.454 e. The van der Waals surface area contributed by atoms with Crippen LogP contribution in [0.5, 0.6) is 11.5 Å². The van der Waals surface area contributed by atoms with Crippen molar-refractivity contribution in [1.82, 2.24) is 5.32 Å². The Morgan fingerprint density at radius 2 is 1.86 bits per heavy atom. The van der Waals surface area contributed by atoms with Crippen LogP contribution in [-0.2, 0) is 17.8 Å². The first-order chi connectivity index (χ1) is 10.7. The van der Waals surface area contributed by atoms with E-state index in [-0.39, 0.29) is 12.7 Å². The van der Waals surface area contributed by atoms with Crippen molar-refractivity contribution in [1.29, 1.82) is 0 Å². The second kappa shape index (κ2) is 6.49. The summed E-state index contributed by atoms with van der Waals surface area (Å²) in [5.41, 5.74) is 7.94. The van der Waals surface area contributed by atoms with E-state index < -0.39 is 6.04 Å². The Morgan fingerprint density at radius 3 is 2.68 bits per heavy atom. The molecular weight excluding hydrogens is 280 g/mol. The summed E-state index contributed by atoms with van der Waals surface area (Å²) in [6.07, 6.45) is 0.522. The SMILES string of the molecule is N[C@@H](Cc1ccccc1)C(=O)NCc1ccc2c(c1)OCO2. The maximum absolute atomic E-state index is 12.1. The van der Waals surface area contributed by atoms with E-state index in [0.717, 1.165) is 16.9 Å². The maximum Gasteiger partial charge on any atom is 0.237 e. The molecule has 0 saturated carbocycles. The molecule has 22 heavy (non-hydrogen) atoms. The van der Waals surface area contributed by atoms with Gasteiger partial charge in [0.2, 0.25) is 12.7 Å². The average Bonchev–Trinajstić information content (AvgIpc) is 3.01. The van der Waals surface area contributed by atoms with Crippen molar-refractivity contribution in [3.63, 3.8) is 0 Å². The van der Waals surface area contributed by atoms with Gasteiger partial charge in [-0.3, -0.25) is 4.79 Å². The largest absolute Gasteiger partial charge is 0.454 e. The first-order valence-electron chi connectivity index (χ1n) is 7.18. The summed E-state index contributed by atoms with van der Waals surface area (Å²) in [7, 11) is 0. The molecule has 1 heterocycles. The highest BCUT2D eigenvalue weighted by Gasteiger charge is 2.16. The summed E-state index contributed by atoms with van der Waals surface area (Å²) < 4.78 is 10.6. The molecule has 1 aliphatic heterocycles. The third kappa shape index (κ3) is 3.38. The van der Waals surface area contributed by atoms with Gasteiger partial charge in [-0.25, -0.2) is 0 Å². The number of hydrogen-bond donors (Lipinski definition) is 2. The first kappa shape index (κ1) is 14.4. The van der Waals surface area contributed by atoms with Crippen LogP contribution in [0.25, 0.3) is 0 Å². The van der Waals surface area contributed by atoms with E-state index in [4.69, 9.17) is 15.2 Å². The van der Waals surface area contributed by atoms with Gasteiger partial charge < -0.3 is 20.5 Å². The number of hydrogen-bond acceptors (Lipinski definition) is 4. The first-order valence-corrected chi connectivity index (χ1v) is 7.18. The van der Waals surface area contributed by atoms with Crippen LogP contribution in [0.15, 0.2) is 48.5 Å². The van der Waals surface area contributed by atoms with Gasteiger partial charge in [0.05, 0.1) is 6.04 Å². The zero-order valence-corrected chi connectivity index (χ0v) is 12.1. The second-order valence-electron chi connectivity index (χ2n) is 5.20. The highest BCUT2D eigenvalue weighted by molar-refractivity contribution is 5.81. The van der Waals surface area contributed by atoms with Crippen molar-refractivity contribution in [2.75, 3.05) is 6.79 Å². The lowest BCUT2D eigenvalue weighted by atomic mass is 10.1. The highest BCUT2D eigenvalue weighted by Crippen LogP contribution is 2.32. The molecule has 0 fully saturated rings. The number of nitrogens with two attached hydrogens (primary N) is 1. The third-order valence-corrected chi connectivity index (χ3v) is 3.54. The molecule has 0 spiro atoms. The number of rotatable bonds is 5. The van der Waals surface area contributed by atoms with Crippen molar-refractivity contribution in [3.05, 3.63) is 59.7 Å². The number of nitrogens with one attached hydrogen (secondary N) is 1. The summed E-state index contributed by atoms with van der Waals surface area (Å²) in [6.45, 7) is 0.658. The molecule has 1 atom stereocenters. The van der Waals surface area contributed by atoms with Crippen LogP contribution in [0.1, 0.15) is 11.1 Å². The second-order valence-corrected chi connectivity index (χ2v) is 5.20. The Morgan fingerprint density at radius 1 is 1.09 bits per heavy atom. The average molecular weight is 298 g/mol. The number of ether oxygens (including phenoxy) is 2. The van der Waals surface area contributed by atoms with Gasteiger partial charge in [0.15, 0.2) is 11.5 Å². The Kier molecular flexibility index (Phi) is 4.25. The Balaban J connectivity index is 1.53. The van der Waals surface area contributed by atoms with Crippen LogP contribution in [0, 0.1) is 0 Å². The summed E-state index contributed by atoms with van der Waals surface area (Å²) in [5, 5.41) is 2.85. The molecule has 0 unspecified atom stereocenters. The molecule has 1 amide bonds. The maximum atomic E-state index is 12.1. The predicted molar refractivity (Wildman–Crippen MR) is 82.5 cm³/mol. The van der Waals surface area contributed by atoms with Crippen LogP contribution in [0.2, 0.25) is 0 Å². The smallest absolute Gasteiger partial charge is 0.237 e. The predicted octanol–water partition coefficient (Wildman–Crippen LogP) is 1.60. The van der Waals surface area contributed by atoms with E-state index in [0.29, 0.717) is 18.7 Å². The fourth-order valence-corrected chi connectivity index (χ4v) is 2.33. The fourth-order valence-electron chi connectivity index (χ4n) is 2.33. The molecule has 1 aliphatic rings. The van der Waals surface area contributed by atoms with E-state index in [1.54, 1.807) is 0 Å². The third-order valence-electron chi connectivity index (χ3n) is 3.54. The quantitative estimate of drug-likeness (QED) is 0.879. The van der Waals surface area contributed by atoms with Crippen molar-refractivity contribution in [2.45, 2.75) is 19.0 Å². The van der Waals surface area contributed by atoms with Gasteiger partial charge in [-0.05, 0) is 29.7 Å². The minimum absolute atomic E-state index is 0.165.